The first-order chi connectivity index (χ1) is 52.5. The first-order valence-electron chi connectivity index (χ1n) is 36.4. The van der Waals surface area contributed by atoms with Gasteiger partial charge in [0.05, 0.1) is 22.1 Å². The maximum atomic E-state index is 6.12. The van der Waals surface area contributed by atoms with Crippen molar-refractivity contribution in [1.82, 2.24) is 19.1 Å². The van der Waals surface area contributed by atoms with Crippen LogP contribution in [0.2, 0.25) is 0 Å². The second-order valence-electron chi connectivity index (χ2n) is 27.5. The summed E-state index contributed by atoms with van der Waals surface area (Å²) in [5.74, 6) is 2.12. The highest BCUT2D eigenvalue weighted by atomic mass is 28.3. The Balaban J connectivity index is 0.957. The molecule has 106 heavy (non-hydrogen) atoms. The topological polar surface area (TPSA) is 35.6 Å². The van der Waals surface area contributed by atoms with Crippen molar-refractivity contribution in [2.75, 3.05) is 0 Å². The van der Waals surface area contributed by atoms with Crippen molar-refractivity contribution in [2.45, 2.75) is 0 Å². The Morgan fingerprint density at radius 1 is 0.160 bits per heavy atom. The summed E-state index contributed by atoms with van der Waals surface area (Å²) in [5.41, 5.74) is 16.8. The SMILES string of the molecule is c1ccc(-c2cccc(-c3cccc([Si](c4ccccc4)(c4ccccc4)c4cc(-c5nc(-n6c7ccccc7c7ccccc76)cc(-n6c7ccccc7c7cc(-c8ccccc8)ccc76)n5)cc([Si](c5ccccc5)(c5ccccc5)c5cccc(-c6cccc(-c7ccccc7)c6)c5)c4)c3)c2)cc1. The first kappa shape index (κ1) is 63.5. The molecule has 19 aromatic rings. The van der Waals surface area contributed by atoms with E-state index in [1.807, 2.05) is 0 Å². The third-order valence-electron chi connectivity index (χ3n) is 21.6. The van der Waals surface area contributed by atoms with E-state index in [4.69, 9.17) is 9.97 Å². The summed E-state index contributed by atoms with van der Waals surface area (Å²) in [6.07, 6.45) is 0. The molecular weight excluding hydrogens is 1310 g/mol. The minimum atomic E-state index is -3.58. The second-order valence-corrected chi connectivity index (χ2v) is 35.2. The van der Waals surface area contributed by atoms with Gasteiger partial charge in [0.1, 0.15) is 11.6 Å². The van der Waals surface area contributed by atoms with Gasteiger partial charge in [0, 0.05) is 33.2 Å². The van der Waals surface area contributed by atoms with Crippen LogP contribution in [0.15, 0.2) is 425 Å². The van der Waals surface area contributed by atoms with Gasteiger partial charge < -0.3 is 0 Å². The third-order valence-corrected chi connectivity index (χ3v) is 31.1. The van der Waals surface area contributed by atoms with Gasteiger partial charge in [0.25, 0.3) is 0 Å². The Morgan fingerprint density at radius 3 is 0.802 bits per heavy atom. The standard InChI is InChI=1S/C100H70N4Si2/c1-8-32-71(33-9-1)74-38-28-40-76(62-74)78-42-30-52-86(64-78)105(82-44-14-4-15-45-82,83-46-16-5-17-47-83)88-66-81(67-89(69-88)106(84-48-18-6-19-49-84,85-50-20-7-21-51-85)87-53-31-43-79(65-87)77-41-29-39-75(63-77)72-34-10-2-11-35-72)100-101-98(103-94-57-25-22-54-90(94)91-55-23-26-58-95(91)103)70-99(102-100)104-96-59-27-24-56-92(96)93-68-80(60-61-97(93)104)73-36-12-3-13-37-73/h1-70H. The van der Waals surface area contributed by atoms with Gasteiger partial charge in [0.2, 0.25) is 0 Å². The maximum Gasteiger partial charge on any atom is 0.179 e. The second kappa shape index (κ2) is 27.1. The summed E-state index contributed by atoms with van der Waals surface area (Å²) >= 11 is 0. The lowest BCUT2D eigenvalue weighted by Crippen LogP contribution is -2.78. The molecule has 0 fully saturated rings. The van der Waals surface area contributed by atoms with Crippen LogP contribution < -0.4 is 41.5 Å². The van der Waals surface area contributed by atoms with Crippen molar-refractivity contribution < 1.29 is 0 Å². The fraction of sp³-hybridized carbons (Fsp3) is 0. The number of benzene rings is 16. The van der Waals surface area contributed by atoms with Gasteiger partial charge in [-0.15, -0.1) is 0 Å². The smallest absolute Gasteiger partial charge is 0.179 e. The monoisotopic (exact) mass is 1380 g/mol. The van der Waals surface area contributed by atoms with E-state index in [1.165, 1.54) is 69.3 Å². The molecule has 3 heterocycles. The third kappa shape index (κ3) is 11.1. The van der Waals surface area contributed by atoms with E-state index in [1.54, 1.807) is 0 Å². The molecule has 0 saturated heterocycles. The molecule has 0 unspecified atom stereocenters. The van der Waals surface area contributed by atoms with Gasteiger partial charge in [-0.25, -0.2) is 9.97 Å². The average Bonchev–Trinajstić information content (AvgIpc) is 0.892. The zero-order valence-electron chi connectivity index (χ0n) is 58.2. The van der Waals surface area contributed by atoms with E-state index in [0.717, 1.165) is 88.6 Å². The molecule has 6 heteroatoms. The summed E-state index contributed by atoms with van der Waals surface area (Å²) in [6.45, 7) is 0. The summed E-state index contributed by atoms with van der Waals surface area (Å²) < 4.78 is 4.74. The van der Waals surface area contributed by atoms with E-state index < -0.39 is 16.1 Å². The zero-order valence-corrected chi connectivity index (χ0v) is 60.2. The molecule has 0 atom stereocenters. The van der Waals surface area contributed by atoms with Gasteiger partial charge in [-0.3, -0.25) is 9.13 Å². The molecular formula is C100H70N4Si2. The lowest BCUT2D eigenvalue weighted by atomic mass is 9.99. The highest BCUT2D eigenvalue weighted by molar-refractivity contribution is 7.22. The Labute approximate surface area is 619 Å². The normalized spacial score (nSPS) is 11.8. The van der Waals surface area contributed by atoms with Crippen LogP contribution in [0.25, 0.3) is 122 Å². The highest BCUT2D eigenvalue weighted by Crippen LogP contribution is 2.38. The number of aromatic nitrogens is 4. The van der Waals surface area contributed by atoms with Crippen LogP contribution in [0, 0.1) is 0 Å². The van der Waals surface area contributed by atoms with Gasteiger partial charge in [-0.1, -0.05) is 376 Å². The lowest BCUT2D eigenvalue weighted by molar-refractivity contribution is 0.994. The minimum Gasteiger partial charge on any atom is -0.294 e. The number of fused-ring (bicyclic) bond motifs is 6. The van der Waals surface area contributed by atoms with Crippen molar-refractivity contribution in [2.24, 2.45) is 0 Å². The molecule has 0 bridgehead atoms. The molecule has 0 amide bonds. The lowest BCUT2D eigenvalue weighted by Gasteiger charge is -2.38. The Kier molecular flexibility index (Phi) is 16.3. The van der Waals surface area contributed by atoms with Crippen molar-refractivity contribution in [1.29, 1.82) is 0 Å². The summed E-state index contributed by atoms with van der Waals surface area (Å²) in [7, 11) is -7.15. The quantitative estimate of drug-likeness (QED) is 0.0714. The van der Waals surface area contributed by atoms with E-state index in [9.17, 15) is 0 Å². The van der Waals surface area contributed by atoms with Crippen LogP contribution in [-0.4, -0.2) is 35.2 Å². The molecule has 3 aromatic heterocycles. The molecule has 0 aliphatic heterocycles. The Bertz CT molecular complexity index is 6070. The molecule has 4 nitrogen and oxygen atoms in total. The van der Waals surface area contributed by atoms with Crippen LogP contribution in [-0.2, 0) is 0 Å². The van der Waals surface area contributed by atoms with Crippen LogP contribution in [0.1, 0.15) is 0 Å². The van der Waals surface area contributed by atoms with E-state index >= 15 is 0 Å². The average molecular weight is 1380 g/mol. The molecule has 0 radical (unpaired) electrons. The number of para-hydroxylation sites is 3. The molecule has 0 aliphatic carbocycles. The van der Waals surface area contributed by atoms with Crippen LogP contribution in [0.4, 0.5) is 0 Å². The van der Waals surface area contributed by atoms with Crippen molar-refractivity contribution in [3.63, 3.8) is 0 Å². The molecule has 498 valence electrons. The summed E-state index contributed by atoms with van der Waals surface area (Å²) in [4.78, 5) is 12.2. The van der Waals surface area contributed by atoms with Gasteiger partial charge in [-0.2, -0.15) is 0 Å². The molecule has 0 saturated carbocycles. The molecule has 0 N–H and O–H groups in total. The number of hydrogen-bond donors (Lipinski definition) is 0. The Hall–Kier alpha value is -13.4. The zero-order chi connectivity index (χ0) is 70.4. The van der Waals surface area contributed by atoms with Crippen LogP contribution in [0.5, 0.6) is 0 Å². The van der Waals surface area contributed by atoms with Gasteiger partial charge in [-0.05, 0) is 140 Å². The van der Waals surface area contributed by atoms with Crippen molar-refractivity contribution in [3.8, 4) is 78.7 Å². The highest BCUT2D eigenvalue weighted by Gasteiger charge is 2.47. The molecule has 19 rings (SSSR count). The first-order valence-corrected chi connectivity index (χ1v) is 40.4. The van der Waals surface area contributed by atoms with Crippen LogP contribution >= 0.6 is 0 Å². The number of hydrogen-bond acceptors (Lipinski definition) is 2. The predicted octanol–water partition coefficient (Wildman–Crippen LogP) is 19.4. The van der Waals surface area contributed by atoms with E-state index in [-0.39, 0.29) is 0 Å². The minimum absolute atomic E-state index is 0.607. The van der Waals surface area contributed by atoms with Gasteiger partial charge in [0.15, 0.2) is 22.0 Å². The molecule has 0 spiro atoms. The summed E-state index contributed by atoms with van der Waals surface area (Å²) in [5, 5.41) is 14.5. The number of rotatable bonds is 16. The molecule has 0 aliphatic rings. The fourth-order valence-corrected chi connectivity index (χ4v) is 26.6. The van der Waals surface area contributed by atoms with Gasteiger partial charge >= 0.3 is 0 Å². The largest absolute Gasteiger partial charge is 0.294 e. The maximum absolute atomic E-state index is 6.12. The van der Waals surface area contributed by atoms with E-state index in [2.05, 4.69) is 434 Å². The van der Waals surface area contributed by atoms with Crippen LogP contribution in [0.3, 0.4) is 0 Å². The fourth-order valence-electron chi connectivity index (χ4n) is 16.8. The molecule has 16 aromatic carbocycles. The summed E-state index contributed by atoms with van der Waals surface area (Å²) in [6, 6.07) is 158. The van der Waals surface area contributed by atoms with Crippen molar-refractivity contribution >= 4 is 101 Å². The van der Waals surface area contributed by atoms with E-state index in [0.29, 0.717) is 5.82 Å². The Morgan fingerprint density at radius 2 is 0.425 bits per heavy atom. The predicted molar refractivity (Wildman–Crippen MR) is 451 cm³/mol. The number of nitrogens with zero attached hydrogens (tertiary/aromatic N) is 4. The van der Waals surface area contributed by atoms with Crippen molar-refractivity contribution in [3.05, 3.63) is 425 Å².